The number of nitrogens with one attached hydrogen (secondary N) is 1. The molecule has 7 heteroatoms. The highest BCUT2D eigenvalue weighted by Gasteiger charge is 2.41. The Kier molecular flexibility index (Phi) is 3.23. The van der Waals surface area contributed by atoms with Crippen LogP contribution in [0.4, 0.5) is 13.2 Å². The molecule has 0 aliphatic carbocycles. The van der Waals surface area contributed by atoms with Gasteiger partial charge >= 0.3 is 6.18 Å². The van der Waals surface area contributed by atoms with Gasteiger partial charge in [-0.3, -0.25) is 4.79 Å². The number of H-pyrrole nitrogens is 1. The molecule has 4 nitrogen and oxygen atoms in total. The van der Waals surface area contributed by atoms with Crippen molar-refractivity contribution in [3.8, 4) is 0 Å². The zero-order valence-corrected chi connectivity index (χ0v) is 12.0. The van der Waals surface area contributed by atoms with Crippen LogP contribution in [-0.2, 0) is 0 Å². The van der Waals surface area contributed by atoms with Crippen LogP contribution in [0.2, 0.25) is 0 Å². The molecule has 22 heavy (non-hydrogen) atoms. The van der Waals surface area contributed by atoms with E-state index in [1.54, 1.807) is 24.3 Å². The number of imidazole rings is 1. The quantitative estimate of drug-likeness (QED) is 0.787. The molecule has 3 aromatic rings. The Bertz CT molecular complexity index is 908. The number of hydrogen-bond donors (Lipinski definition) is 1. The first-order valence-corrected chi connectivity index (χ1v) is 6.91. The zero-order chi connectivity index (χ0) is 16.1. The number of fused-ring (bicyclic) bond motifs is 3. The lowest BCUT2D eigenvalue weighted by Crippen LogP contribution is -2.27. The highest BCUT2D eigenvalue weighted by Crippen LogP contribution is 2.37. The molecule has 1 unspecified atom stereocenters. The molecule has 3 rings (SSSR count). The summed E-state index contributed by atoms with van der Waals surface area (Å²) >= 11 is 0. The first-order chi connectivity index (χ1) is 10.3. The average molecular weight is 309 g/mol. The molecule has 116 valence electrons. The lowest BCUT2D eigenvalue weighted by atomic mass is 9.98. The number of benzene rings is 1. The van der Waals surface area contributed by atoms with Crippen molar-refractivity contribution >= 4 is 16.8 Å². The van der Waals surface area contributed by atoms with Crippen LogP contribution in [-0.4, -0.2) is 20.5 Å². The minimum Gasteiger partial charge on any atom is -0.328 e. The van der Waals surface area contributed by atoms with Crippen molar-refractivity contribution in [2.45, 2.75) is 32.4 Å². The second-order valence-corrected chi connectivity index (χ2v) is 5.23. The smallest absolute Gasteiger partial charge is 0.328 e. The maximum atomic E-state index is 13.2. The van der Waals surface area contributed by atoms with Gasteiger partial charge in [0.05, 0.1) is 17.0 Å². The third-order valence-electron chi connectivity index (χ3n) is 3.89. The molecule has 1 N–H and O–H groups in total. The van der Waals surface area contributed by atoms with Crippen LogP contribution in [0.5, 0.6) is 0 Å². The van der Waals surface area contributed by atoms with Crippen molar-refractivity contribution in [3.05, 3.63) is 45.9 Å². The van der Waals surface area contributed by atoms with E-state index in [0.717, 1.165) is 0 Å². The fourth-order valence-corrected chi connectivity index (χ4v) is 2.76. The maximum absolute atomic E-state index is 13.2. The minimum atomic E-state index is -4.41. The number of nitrogens with zero attached hydrogens (tertiary/aromatic N) is 2. The van der Waals surface area contributed by atoms with Crippen molar-refractivity contribution in [2.24, 2.45) is 0 Å². The van der Waals surface area contributed by atoms with Crippen molar-refractivity contribution in [1.82, 2.24) is 14.4 Å². The molecule has 1 atom stereocenters. The van der Waals surface area contributed by atoms with E-state index >= 15 is 0 Å². The highest BCUT2D eigenvalue weighted by atomic mass is 19.4. The van der Waals surface area contributed by atoms with Crippen molar-refractivity contribution < 1.29 is 13.2 Å². The predicted molar refractivity (Wildman–Crippen MR) is 77.1 cm³/mol. The summed E-state index contributed by atoms with van der Waals surface area (Å²) in [6.07, 6.45) is -4.55. The van der Waals surface area contributed by atoms with Crippen molar-refractivity contribution in [2.75, 3.05) is 0 Å². The standard InChI is InChI=1S/C15H14F3N3O/c1-3-9(15(16,17)18)12-8(2)13(22)21-11-7-5-4-6-10(11)19-14(21)20-12/h4-7,9H,3H2,1-2H3,(H,19,20). The molecule has 0 radical (unpaired) electrons. The van der Waals surface area contributed by atoms with Gasteiger partial charge in [-0.15, -0.1) is 0 Å². The SMILES string of the molecule is CCC(c1[nH]c2nc3ccccc3n2c(=O)c1C)C(F)(F)F. The third-order valence-corrected chi connectivity index (χ3v) is 3.89. The summed E-state index contributed by atoms with van der Waals surface area (Å²) in [6.45, 7) is 2.86. The van der Waals surface area contributed by atoms with E-state index in [4.69, 9.17) is 0 Å². The Balaban J connectivity index is 2.37. The first kappa shape index (κ1) is 14.6. The molecule has 0 fully saturated rings. The Hall–Kier alpha value is -2.31. The molecular weight excluding hydrogens is 295 g/mol. The van der Waals surface area contributed by atoms with Gasteiger partial charge < -0.3 is 4.98 Å². The second kappa shape index (κ2) is 4.86. The van der Waals surface area contributed by atoms with E-state index in [1.807, 2.05) is 0 Å². The molecule has 2 aromatic heterocycles. The van der Waals surface area contributed by atoms with Crippen molar-refractivity contribution in [1.29, 1.82) is 0 Å². The van der Waals surface area contributed by atoms with Gasteiger partial charge in [0.2, 0.25) is 5.78 Å². The summed E-state index contributed by atoms with van der Waals surface area (Å²) in [4.78, 5) is 19.4. The van der Waals surface area contributed by atoms with E-state index < -0.39 is 17.7 Å². The lowest BCUT2D eigenvalue weighted by Gasteiger charge is -2.20. The summed E-state index contributed by atoms with van der Waals surface area (Å²) in [5.74, 6) is -1.57. The largest absolute Gasteiger partial charge is 0.397 e. The third kappa shape index (κ3) is 2.08. The number of aromatic amines is 1. The van der Waals surface area contributed by atoms with Crippen LogP contribution < -0.4 is 5.56 Å². The minimum absolute atomic E-state index is 0.0693. The maximum Gasteiger partial charge on any atom is 0.397 e. The van der Waals surface area contributed by atoms with Gasteiger partial charge in [-0.25, -0.2) is 9.38 Å². The zero-order valence-electron chi connectivity index (χ0n) is 12.0. The number of halogens is 3. The summed E-state index contributed by atoms with van der Waals surface area (Å²) in [5.41, 5.74) is 0.628. The number of para-hydroxylation sites is 2. The van der Waals surface area contributed by atoms with E-state index in [-0.39, 0.29) is 23.5 Å². The Morgan fingerprint density at radius 3 is 2.64 bits per heavy atom. The fraction of sp³-hybridized carbons (Fsp3) is 0.333. The fourth-order valence-electron chi connectivity index (χ4n) is 2.76. The van der Waals surface area contributed by atoms with Gasteiger partial charge in [-0.2, -0.15) is 13.2 Å². The second-order valence-electron chi connectivity index (χ2n) is 5.23. The molecule has 0 amide bonds. The van der Waals surface area contributed by atoms with Gasteiger partial charge in [0, 0.05) is 11.3 Å². The van der Waals surface area contributed by atoms with Crippen LogP contribution in [0.1, 0.15) is 30.5 Å². The van der Waals surface area contributed by atoms with Crippen LogP contribution >= 0.6 is 0 Å². The number of rotatable bonds is 2. The molecular formula is C15H14F3N3O. The van der Waals surface area contributed by atoms with Crippen molar-refractivity contribution in [3.63, 3.8) is 0 Å². The number of aromatic nitrogens is 3. The average Bonchev–Trinajstić information content (AvgIpc) is 2.81. The van der Waals surface area contributed by atoms with Gasteiger partial charge in [0.1, 0.15) is 0 Å². The van der Waals surface area contributed by atoms with E-state index in [0.29, 0.717) is 11.0 Å². The van der Waals surface area contributed by atoms with Crippen LogP contribution in [0.3, 0.4) is 0 Å². The molecule has 0 spiro atoms. The molecule has 0 saturated heterocycles. The lowest BCUT2D eigenvalue weighted by molar-refractivity contribution is -0.151. The summed E-state index contributed by atoms with van der Waals surface area (Å²) in [6, 6.07) is 6.94. The van der Waals surface area contributed by atoms with E-state index in [2.05, 4.69) is 9.97 Å². The summed E-state index contributed by atoms with van der Waals surface area (Å²) < 4.78 is 40.8. The number of hydrogen-bond acceptors (Lipinski definition) is 2. The van der Waals surface area contributed by atoms with Gasteiger partial charge in [0.25, 0.3) is 5.56 Å². The Morgan fingerprint density at radius 1 is 1.32 bits per heavy atom. The molecule has 0 aliphatic heterocycles. The highest BCUT2D eigenvalue weighted by molar-refractivity contribution is 5.79. The summed E-state index contributed by atoms with van der Waals surface area (Å²) in [5, 5.41) is 0. The normalized spacial score (nSPS) is 13.9. The predicted octanol–water partition coefficient (Wildman–Crippen LogP) is 3.54. The van der Waals surface area contributed by atoms with E-state index in [1.165, 1.54) is 18.2 Å². The van der Waals surface area contributed by atoms with Gasteiger partial charge in [-0.05, 0) is 25.5 Å². The molecule has 0 aliphatic rings. The first-order valence-electron chi connectivity index (χ1n) is 6.91. The van der Waals surface area contributed by atoms with Crippen LogP contribution in [0, 0.1) is 6.92 Å². The Morgan fingerprint density at radius 2 is 2.00 bits per heavy atom. The topological polar surface area (TPSA) is 50.2 Å². The van der Waals surface area contributed by atoms with Crippen LogP contribution in [0.15, 0.2) is 29.1 Å². The van der Waals surface area contributed by atoms with Gasteiger partial charge in [-0.1, -0.05) is 19.1 Å². The van der Waals surface area contributed by atoms with E-state index in [9.17, 15) is 18.0 Å². The summed E-state index contributed by atoms with van der Waals surface area (Å²) in [7, 11) is 0. The monoisotopic (exact) mass is 309 g/mol. The van der Waals surface area contributed by atoms with Crippen LogP contribution in [0.25, 0.3) is 16.8 Å². The molecule has 2 heterocycles. The molecule has 0 saturated carbocycles. The number of alkyl halides is 3. The Labute approximate surface area is 123 Å². The van der Waals surface area contributed by atoms with Gasteiger partial charge in [0.15, 0.2) is 0 Å². The molecule has 0 bridgehead atoms. The molecule has 1 aromatic carbocycles.